The van der Waals surface area contributed by atoms with E-state index in [-0.39, 0.29) is 0 Å². The summed E-state index contributed by atoms with van der Waals surface area (Å²) in [7, 11) is 0. The Morgan fingerprint density at radius 1 is 1.50 bits per heavy atom. The van der Waals surface area contributed by atoms with Gasteiger partial charge < -0.3 is 5.32 Å². The van der Waals surface area contributed by atoms with Crippen LogP contribution in [0.5, 0.6) is 0 Å². The molecule has 12 heavy (non-hydrogen) atoms. The Morgan fingerprint density at radius 2 is 2.33 bits per heavy atom. The number of likely N-dealkylation sites (tertiary alicyclic amines) is 1. The second kappa shape index (κ2) is 3.30. The number of hydrogen-bond donors (Lipinski definition) is 1. The van der Waals surface area contributed by atoms with Crippen molar-refractivity contribution in [3.05, 3.63) is 0 Å². The number of hydrogen-bond acceptors (Lipinski definition) is 2. The van der Waals surface area contributed by atoms with Crippen LogP contribution in [0.15, 0.2) is 0 Å². The van der Waals surface area contributed by atoms with Crippen molar-refractivity contribution in [1.82, 2.24) is 10.2 Å². The van der Waals surface area contributed by atoms with Crippen molar-refractivity contribution in [2.45, 2.75) is 38.0 Å². The first-order valence-electron chi connectivity index (χ1n) is 4.87. The molecule has 3 unspecified atom stereocenters. The molecule has 0 spiro atoms. The SMILES string of the molecule is CC1CC(N2CCC(F)C2)CN1. The lowest BCUT2D eigenvalue weighted by atomic mass is 10.2. The van der Waals surface area contributed by atoms with Crippen molar-refractivity contribution in [2.75, 3.05) is 19.6 Å². The lowest BCUT2D eigenvalue weighted by Gasteiger charge is -2.21. The topological polar surface area (TPSA) is 15.3 Å². The average molecular weight is 172 g/mol. The van der Waals surface area contributed by atoms with Gasteiger partial charge in [0.25, 0.3) is 0 Å². The third-order valence-corrected chi connectivity index (χ3v) is 3.01. The number of nitrogens with zero attached hydrogens (tertiary/aromatic N) is 1. The predicted molar refractivity (Wildman–Crippen MR) is 47.0 cm³/mol. The van der Waals surface area contributed by atoms with Crippen LogP contribution in [-0.4, -0.2) is 42.8 Å². The Morgan fingerprint density at radius 3 is 2.83 bits per heavy atom. The van der Waals surface area contributed by atoms with Crippen LogP contribution in [0, 0.1) is 0 Å². The summed E-state index contributed by atoms with van der Waals surface area (Å²) in [4.78, 5) is 2.29. The lowest BCUT2D eigenvalue weighted by molar-refractivity contribution is 0.231. The molecular formula is C9H17FN2. The molecule has 2 heterocycles. The van der Waals surface area contributed by atoms with E-state index in [9.17, 15) is 4.39 Å². The van der Waals surface area contributed by atoms with E-state index in [0.29, 0.717) is 18.6 Å². The smallest absolute Gasteiger partial charge is 0.114 e. The third-order valence-electron chi connectivity index (χ3n) is 3.01. The molecule has 70 valence electrons. The summed E-state index contributed by atoms with van der Waals surface area (Å²) >= 11 is 0. The maximum Gasteiger partial charge on any atom is 0.114 e. The molecule has 2 aliphatic rings. The van der Waals surface area contributed by atoms with Crippen LogP contribution in [0.4, 0.5) is 4.39 Å². The minimum absolute atomic E-state index is 0.569. The summed E-state index contributed by atoms with van der Waals surface area (Å²) in [6.45, 7) is 4.87. The highest BCUT2D eigenvalue weighted by Gasteiger charge is 2.31. The number of halogens is 1. The first-order valence-corrected chi connectivity index (χ1v) is 4.87. The summed E-state index contributed by atoms with van der Waals surface area (Å²) in [5.74, 6) is 0. The number of nitrogens with one attached hydrogen (secondary N) is 1. The molecule has 0 aromatic heterocycles. The Labute approximate surface area is 73.1 Å². The van der Waals surface area contributed by atoms with Gasteiger partial charge in [0.2, 0.25) is 0 Å². The molecule has 2 fully saturated rings. The van der Waals surface area contributed by atoms with Crippen molar-refractivity contribution in [3.63, 3.8) is 0 Å². The summed E-state index contributed by atoms with van der Waals surface area (Å²) < 4.78 is 12.9. The number of alkyl halides is 1. The molecule has 1 N–H and O–H groups in total. The highest BCUT2D eigenvalue weighted by atomic mass is 19.1. The standard InChI is InChI=1S/C9H17FN2/c1-7-4-9(5-11-7)12-3-2-8(10)6-12/h7-9,11H,2-6H2,1H3. The average Bonchev–Trinajstić information content (AvgIpc) is 2.58. The molecular weight excluding hydrogens is 155 g/mol. The third kappa shape index (κ3) is 1.62. The Bertz CT molecular complexity index is 145. The molecule has 0 aliphatic carbocycles. The first-order chi connectivity index (χ1) is 5.75. The van der Waals surface area contributed by atoms with Gasteiger partial charge in [0.15, 0.2) is 0 Å². The minimum Gasteiger partial charge on any atom is -0.313 e. The van der Waals surface area contributed by atoms with Gasteiger partial charge in [0, 0.05) is 31.7 Å². The maximum absolute atomic E-state index is 12.9. The zero-order valence-electron chi connectivity index (χ0n) is 7.59. The van der Waals surface area contributed by atoms with E-state index in [4.69, 9.17) is 0 Å². The molecule has 2 rings (SSSR count). The molecule has 0 aromatic rings. The van der Waals surface area contributed by atoms with E-state index in [1.54, 1.807) is 0 Å². The van der Waals surface area contributed by atoms with E-state index < -0.39 is 6.17 Å². The highest BCUT2D eigenvalue weighted by molar-refractivity contribution is 4.89. The van der Waals surface area contributed by atoms with Gasteiger partial charge in [-0.1, -0.05) is 0 Å². The minimum atomic E-state index is -0.569. The van der Waals surface area contributed by atoms with Crippen LogP contribution in [0.2, 0.25) is 0 Å². The predicted octanol–water partition coefficient (Wildman–Crippen LogP) is 0.781. The zero-order chi connectivity index (χ0) is 8.55. The largest absolute Gasteiger partial charge is 0.313 e. The molecule has 2 nitrogen and oxygen atoms in total. The van der Waals surface area contributed by atoms with Crippen molar-refractivity contribution in [3.8, 4) is 0 Å². The Kier molecular flexibility index (Phi) is 2.33. The molecule has 2 saturated heterocycles. The van der Waals surface area contributed by atoms with E-state index in [0.717, 1.165) is 19.5 Å². The van der Waals surface area contributed by atoms with Crippen LogP contribution in [0.25, 0.3) is 0 Å². The molecule has 0 aromatic carbocycles. The molecule has 0 radical (unpaired) electrons. The van der Waals surface area contributed by atoms with Gasteiger partial charge in [-0.2, -0.15) is 0 Å². The second-order valence-electron chi connectivity index (χ2n) is 4.08. The summed E-state index contributed by atoms with van der Waals surface area (Å²) in [6, 6.07) is 1.22. The highest BCUT2D eigenvalue weighted by Crippen LogP contribution is 2.20. The normalized spacial score (nSPS) is 44.0. The Balaban J connectivity index is 1.85. The van der Waals surface area contributed by atoms with Crippen LogP contribution in [0.3, 0.4) is 0 Å². The molecule has 0 saturated carbocycles. The monoisotopic (exact) mass is 172 g/mol. The Hall–Kier alpha value is -0.150. The quantitative estimate of drug-likeness (QED) is 0.629. The van der Waals surface area contributed by atoms with Crippen molar-refractivity contribution in [2.24, 2.45) is 0 Å². The summed E-state index contributed by atoms with van der Waals surface area (Å²) in [5, 5.41) is 3.40. The molecule has 3 heteroatoms. The van der Waals surface area contributed by atoms with Gasteiger partial charge >= 0.3 is 0 Å². The van der Waals surface area contributed by atoms with Crippen LogP contribution < -0.4 is 5.32 Å². The van der Waals surface area contributed by atoms with Crippen molar-refractivity contribution < 1.29 is 4.39 Å². The fourth-order valence-corrected chi connectivity index (χ4v) is 2.26. The van der Waals surface area contributed by atoms with E-state index in [2.05, 4.69) is 17.1 Å². The van der Waals surface area contributed by atoms with E-state index in [1.807, 2.05) is 0 Å². The zero-order valence-corrected chi connectivity index (χ0v) is 7.59. The van der Waals surface area contributed by atoms with Gasteiger partial charge in [-0.05, 0) is 19.8 Å². The first kappa shape index (κ1) is 8.45. The van der Waals surface area contributed by atoms with Gasteiger partial charge in [-0.15, -0.1) is 0 Å². The van der Waals surface area contributed by atoms with Crippen LogP contribution in [0.1, 0.15) is 19.8 Å². The molecule has 2 aliphatic heterocycles. The maximum atomic E-state index is 12.9. The molecule has 3 atom stereocenters. The number of rotatable bonds is 1. The van der Waals surface area contributed by atoms with E-state index >= 15 is 0 Å². The van der Waals surface area contributed by atoms with Crippen LogP contribution >= 0.6 is 0 Å². The fraction of sp³-hybridized carbons (Fsp3) is 1.00. The summed E-state index contributed by atoms with van der Waals surface area (Å²) in [5.41, 5.74) is 0. The van der Waals surface area contributed by atoms with Gasteiger partial charge in [-0.3, -0.25) is 4.90 Å². The second-order valence-corrected chi connectivity index (χ2v) is 4.08. The van der Waals surface area contributed by atoms with Crippen molar-refractivity contribution >= 4 is 0 Å². The molecule has 0 amide bonds. The van der Waals surface area contributed by atoms with E-state index in [1.165, 1.54) is 6.42 Å². The molecule has 0 bridgehead atoms. The van der Waals surface area contributed by atoms with Gasteiger partial charge in [0.1, 0.15) is 6.17 Å². The lowest BCUT2D eigenvalue weighted by Crippen LogP contribution is -2.35. The van der Waals surface area contributed by atoms with Gasteiger partial charge in [0.05, 0.1) is 0 Å². The van der Waals surface area contributed by atoms with Gasteiger partial charge in [-0.25, -0.2) is 4.39 Å². The van der Waals surface area contributed by atoms with Crippen LogP contribution in [-0.2, 0) is 0 Å². The van der Waals surface area contributed by atoms with Crippen molar-refractivity contribution in [1.29, 1.82) is 0 Å². The fourth-order valence-electron chi connectivity index (χ4n) is 2.26. The summed E-state index contributed by atoms with van der Waals surface area (Å²) in [6.07, 6.45) is 1.36.